The van der Waals surface area contributed by atoms with Gasteiger partial charge >= 0.3 is 12.2 Å². The highest BCUT2D eigenvalue weighted by Gasteiger charge is 2.57. The molecule has 9 nitrogen and oxygen atoms in total. The van der Waals surface area contributed by atoms with Crippen molar-refractivity contribution < 1.29 is 46.1 Å². The number of alkyl halides is 4. The molecule has 4 aromatic rings. The van der Waals surface area contributed by atoms with Crippen molar-refractivity contribution in [1.82, 2.24) is 20.3 Å². The van der Waals surface area contributed by atoms with E-state index in [1.807, 2.05) is 0 Å². The minimum absolute atomic E-state index is 0.0196. The number of benzene rings is 2. The van der Waals surface area contributed by atoms with E-state index in [2.05, 4.69) is 20.3 Å². The molecule has 2 N–H and O–H groups in total. The lowest BCUT2D eigenvalue weighted by molar-refractivity contribution is -0.265. The fraction of sp³-hybridized carbons (Fsp3) is 0.310. The fourth-order valence-electron chi connectivity index (χ4n) is 4.69. The highest BCUT2D eigenvalue weighted by atomic mass is 19.4. The van der Waals surface area contributed by atoms with Crippen molar-refractivity contribution >= 4 is 16.8 Å². The molecule has 3 heterocycles. The first kappa shape index (κ1) is 29.9. The van der Waals surface area contributed by atoms with E-state index in [9.17, 15) is 31.9 Å². The van der Waals surface area contributed by atoms with Crippen molar-refractivity contribution in [2.24, 2.45) is 0 Å². The number of carbonyl (C=O) groups excluding carboxylic acids is 1. The summed E-state index contributed by atoms with van der Waals surface area (Å²) in [5, 5.41) is 13.6. The number of fused-ring (bicyclic) bond motifs is 2. The number of methoxy groups -OCH3 is 2. The van der Waals surface area contributed by atoms with E-state index in [4.69, 9.17) is 14.2 Å². The maximum absolute atomic E-state index is 14.6. The van der Waals surface area contributed by atoms with Crippen molar-refractivity contribution in [2.45, 2.75) is 24.1 Å². The molecule has 0 bridgehead atoms. The lowest BCUT2D eigenvalue weighted by atomic mass is 9.83. The number of aromatic nitrogens is 3. The Morgan fingerprint density at radius 1 is 1.12 bits per heavy atom. The topological polar surface area (TPSA) is 116 Å². The molecule has 43 heavy (non-hydrogen) atoms. The lowest BCUT2D eigenvalue weighted by Gasteiger charge is -2.31. The van der Waals surface area contributed by atoms with Crippen LogP contribution in [0.5, 0.6) is 17.5 Å². The van der Waals surface area contributed by atoms with Gasteiger partial charge in [-0.2, -0.15) is 18.2 Å². The predicted molar refractivity (Wildman–Crippen MR) is 143 cm³/mol. The summed E-state index contributed by atoms with van der Waals surface area (Å²) in [6.07, 6.45) is -4.00. The van der Waals surface area contributed by atoms with Gasteiger partial charge in [-0.3, -0.25) is 4.79 Å². The molecule has 1 amide bonds. The molecular weight excluding hydrogens is 579 g/mol. The highest BCUT2D eigenvalue weighted by Crippen LogP contribution is 2.48. The second-order valence-corrected chi connectivity index (χ2v) is 10.2. The molecule has 2 atom stereocenters. The van der Waals surface area contributed by atoms with Crippen LogP contribution in [-0.4, -0.2) is 66.2 Å². The highest BCUT2D eigenvalue weighted by molar-refractivity contribution is 5.99. The minimum Gasteiger partial charge on any atom is -0.494 e. The van der Waals surface area contributed by atoms with Crippen molar-refractivity contribution in [1.29, 1.82) is 0 Å². The summed E-state index contributed by atoms with van der Waals surface area (Å²) in [7, 11) is 2.68. The van der Waals surface area contributed by atoms with Gasteiger partial charge in [0.15, 0.2) is 0 Å². The predicted octanol–water partition coefficient (Wildman–Crippen LogP) is 4.65. The van der Waals surface area contributed by atoms with Crippen LogP contribution in [0.2, 0.25) is 0 Å². The van der Waals surface area contributed by atoms with Gasteiger partial charge in [0.25, 0.3) is 5.91 Å². The van der Waals surface area contributed by atoms with Gasteiger partial charge in [-0.15, -0.1) is 0 Å². The Labute approximate surface area is 241 Å². The van der Waals surface area contributed by atoms with Gasteiger partial charge in [0, 0.05) is 28.3 Å². The van der Waals surface area contributed by atoms with E-state index in [1.165, 1.54) is 51.6 Å². The van der Waals surface area contributed by atoms with Gasteiger partial charge < -0.3 is 24.6 Å². The van der Waals surface area contributed by atoms with Crippen LogP contribution in [-0.2, 0) is 11.0 Å². The zero-order valence-electron chi connectivity index (χ0n) is 23.1. The summed E-state index contributed by atoms with van der Waals surface area (Å²) in [6.45, 7) is -1.07. The van der Waals surface area contributed by atoms with Crippen molar-refractivity contribution in [3.63, 3.8) is 0 Å². The molecule has 0 spiro atoms. The molecule has 5 rings (SSSR count). The molecule has 226 valence electrons. The maximum Gasteiger partial charge on any atom is 0.424 e. The van der Waals surface area contributed by atoms with E-state index in [0.717, 1.165) is 18.2 Å². The molecular formula is C29H25F5N4O5. The summed E-state index contributed by atoms with van der Waals surface area (Å²) in [5.74, 6) is -1.43. The van der Waals surface area contributed by atoms with Crippen LogP contribution < -0.4 is 19.5 Å². The first-order chi connectivity index (χ1) is 20.3. The summed E-state index contributed by atoms with van der Waals surface area (Å²) in [6, 6.07) is 8.27. The summed E-state index contributed by atoms with van der Waals surface area (Å²) < 4.78 is 87.5. The van der Waals surface area contributed by atoms with Gasteiger partial charge in [0.2, 0.25) is 5.60 Å². The second kappa shape index (κ2) is 10.9. The van der Waals surface area contributed by atoms with Gasteiger partial charge in [0.1, 0.15) is 41.8 Å². The Kier molecular flexibility index (Phi) is 7.59. The molecule has 14 heteroatoms. The molecule has 0 fully saturated rings. The molecule has 2 aromatic carbocycles. The Hall–Kier alpha value is -4.59. The Morgan fingerprint density at radius 3 is 2.47 bits per heavy atom. The zero-order valence-corrected chi connectivity index (χ0v) is 23.1. The van der Waals surface area contributed by atoms with E-state index in [0.29, 0.717) is 10.9 Å². The smallest absolute Gasteiger partial charge is 0.424 e. The lowest BCUT2D eigenvalue weighted by Crippen LogP contribution is -2.51. The van der Waals surface area contributed by atoms with Gasteiger partial charge in [-0.25, -0.2) is 18.7 Å². The summed E-state index contributed by atoms with van der Waals surface area (Å²) in [4.78, 5) is 25.3. The van der Waals surface area contributed by atoms with Crippen molar-refractivity contribution in [3.8, 4) is 28.8 Å². The molecule has 0 aliphatic carbocycles. The molecule has 0 saturated carbocycles. The third-order valence-electron chi connectivity index (χ3n) is 7.26. The van der Waals surface area contributed by atoms with E-state index in [-0.39, 0.29) is 46.5 Å². The minimum atomic E-state index is -5.35. The van der Waals surface area contributed by atoms with Gasteiger partial charge in [0.05, 0.1) is 31.9 Å². The second-order valence-electron chi connectivity index (χ2n) is 10.2. The zero-order chi connectivity index (χ0) is 31.2. The first-order valence-electron chi connectivity index (χ1n) is 12.8. The number of amides is 1. The number of ether oxygens (including phenoxy) is 3. The molecule has 1 unspecified atom stereocenters. The van der Waals surface area contributed by atoms with Crippen LogP contribution in [0.1, 0.15) is 28.5 Å². The van der Waals surface area contributed by atoms with Crippen molar-refractivity contribution in [2.75, 3.05) is 34.0 Å². The Bertz CT molecular complexity index is 1700. The van der Waals surface area contributed by atoms with E-state index >= 15 is 0 Å². The third kappa shape index (κ3) is 5.26. The first-order valence-corrected chi connectivity index (χ1v) is 12.8. The molecule has 0 saturated heterocycles. The number of carbonyl (C=O) groups is 1. The average Bonchev–Trinajstić information content (AvgIpc) is 3.34. The Balaban J connectivity index is 1.55. The van der Waals surface area contributed by atoms with Crippen LogP contribution in [0, 0.1) is 5.82 Å². The SMILES string of the molecule is COc1ncc2cc(C(=O)NCC(O)(c3cc4c(c(-c5ccc(F)cc5)n3)OC[C@@]4(C)CF)C(F)(F)F)cc(OC)c2n1. The largest absolute Gasteiger partial charge is 0.494 e. The quantitative estimate of drug-likeness (QED) is 0.280. The molecule has 1 aliphatic rings. The average molecular weight is 605 g/mol. The van der Waals surface area contributed by atoms with Crippen LogP contribution in [0.4, 0.5) is 22.0 Å². The maximum atomic E-state index is 14.6. The Morgan fingerprint density at radius 2 is 1.84 bits per heavy atom. The summed E-state index contributed by atoms with van der Waals surface area (Å²) >= 11 is 0. The normalized spacial score (nSPS) is 17.6. The van der Waals surface area contributed by atoms with Crippen LogP contribution in [0.15, 0.2) is 48.7 Å². The number of halogens is 5. The number of pyridine rings is 1. The molecule has 0 radical (unpaired) electrons. The number of rotatable bonds is 8. The van der Waals surface area contributed by atoms with Crippen LogP contribution in [0.25, 0.3) is 22.2 Å². The van der Waals surface area contributed by atoms with Crippen LogP contribution in [0.3, 0.4) is 0 Å². The number of hydrogen-bond acceptors (Lipinski definition) is 8. The summed E-state index contributed by atoms with van der Waals surface area (Å²) in [5.41, 5.74) is -5.69. The van der Waals surface area contributed by atoms with E-state index in [1.54, 1.807) is 0 Å². The van der Waals surface area contributed by atoms with Crippen molar-refractivity contribution in [3.05, 3.63) is 71.3 Å². The van der Waals surface area contributed by atoms with E-state index < -0.39 is 47.8 Å². The monoisotopic (exact) mass is 604 g/mol. The molecule has 2 aromatic heterocycles. The van der Waals surface area contributed by atoms with Crippen LogP contribution >= 0.6 is 0 Å². The number of hydrogen-bond donors (Lipinski definition) is 2. The van der Waals surface area contributed by atoms with Gasteiger partial charge in [-0.1, -0.05) is 0 Å². The third-order valence-corrected chi connectivity index (χ3v) is 7.26. The number of nitrogens with zero attached hydrogens (tertiary/aromatic N) is 3. The molecule has 1 aliphatic heterocycles. The van der Waals surface area contributed by atoms with Gasteiger partial charge in [-0.05, 0) is 49.4 Å². The standard InChI is InChI=1S/C29H25F5N4O5/c1-27(12-30)14-43-24-19(27)10-21(37-23(24)15-4-6-18(31)7-5-15)28(40,29(32,33)34)13-36-25(39)16-8-17-11-35-26(42-3)38-22(17)20(9-16)41-2/h4-11,40H,12-14H2,1-3H3,(H,36,39)/t27-,28?/m1/s1. The number of aliphatic hydroxyl groups is 1. The number of nitrogens with one attached hydrogen (secondary N) is 1. The fourth-order valence-corrected chi connectivity index (χ4v) is 4.69.